The summed E-state index contributed by atoms with van der Waals surface area (Å²) in [5, 5.41) is 13.9. The fraction of sp³-hybridized carbons (Fsp3) is 0.857. The van der Waals surface area contributed by atoms with E-state index in [1.54, 1.807) is 0 Å². The van der Waals surface area contributed by atoms with E-state index in [0.717, 1.165) is 31.4 Å². The van der Waals surface area contributed by atoms with Gasteiger partial charge in [0.15, 0.2) is 0 Å². The largest absolute Gasteiger partial charge is 0.436 e. The number of carbonyl (C=O) groups is 2. The first-order valence-electron chi connectivity index (χ1n) is 7.86. The van der Waals surface area contributed by atoms with Crippen LogP contribution in [0.25, 0.3) is 0 Å². The molecule has 0 aromatic rings. The predicted molar refractivity (Wildman–Crippen MR) is 83.9 cm³/mol. The van der Waals surface area contributed by atoms with Crippen molar-refractivity contribution in [2.45, 2.75) is 69.1 Å². The van der Waals surface area contributed by atoms with Crippen LogP contribution in [-0.2, 0) is 9.53 Å². The molecule has 0 aromatic heterocycles. The van der Waals surface area contributed by atoms with Crippen LogP contribution in [0.4, 0.5) is 4.79 Å². The van der Waals surface area contributed by atoms with Crippen molar-refractivity contribution in [2.75, 3.05) is 5.75 Å². The van der Waals surface area contributed by atoms with E-state index in [9.17, 15) is 14.7 Å². The Kier molecular flexibility index (Phi) is 6.34. The minimum Gasteiger partial charge on any atom is -0.436 e. The molecule has 2 aliphatic heterocycles. The molecule has 4 N–H and O–H groups in total. The first-order chi connectivity index (χ1) is 10.5. The van der Waals surface area contributed by atoms with Crippen LogP contribution in [0.5, 0.6) is 0 Å². The van der Waals surface area contributed by atoms with Gasteiger partial charge in [0.05, 0.1) is 12.1 Å². The third-order valence-electron chi connectivity index (χ3n) is 4.07. The number of nitrogens with two attached hydrogens (primary N) is 1. The lowest BCUT2D eigenvalue weighted by molar-refractivity contribution is -0.168. The van der Waals surface area contributed by atoms with Crippen molar-refractivity contribution in [1.82, 2.24) is 10.3 Å². The van der Waals surface area contributed by atoms with Crippen LogP contribution in [0.15, 0.2) is 0 Å². The summed E-state index contributed by atoms with van der Waals surface area (Å²) < 4.78 is 4.89. The molecule has 2 fully saturated rings. The van der Waals surface area contributed by atoms with E-state index in [2.05, 4.69) is 5.32 Å². The van der Waals surface area contributed by atoms with E-state index in [0.29, 0.717) is 18.1 Å². The average molecular weight is 331 g/mol. The highest BCUT2D eigenvalue weighted by atomic mass is 32.2. The zero-order chi connectivity index (χ0) is 16.1. The molecule has 2 amide bonds. The standard InChI is InChI=1S/C14H25N3O4S/c1-2-5-11(18)21-12(19)7-4-3-6-10-13-9(8-22-10)16-14(20)17(13)15/h9-11,13,18H,2-8,15H2,1H3,(H,16,20)/t9-,10-,11?,13-/m1/s1. The third-order valence-corrected chi connectivity index (χ3v) is 5.56. The Morgan fingerprint density at radius 2 is 2.36 bits per heavy atom. The van der Waals surface area contributed by atoms with Crippen LogP contribution < -0.4 is 11.2 Å². The highest BCUT2D eigenvalue weighted by molar-refractivity contribution is 8.00. The van der Waals surface area contributed by atoms with Gasteiger partial charge in [-0.15, -0.1) is 0 Å². The molecule has 2 rings (SSSR count). The van der Waals surface area contributed by atoms with Gasteiger partial charge in [-0.1, -0.05) is 19.8 Å². The number of thioether (sulfide) groups is 1. The number of nitrogens with one attached hydrogen (secondary N) is 1. The molecule has 8 heteroatoms. The number of unbranched alkanes of at least 4 members (excludes halogenated alkanes) is 1. The van der Waals surface area contributed by atoms with Gasteiger partial charge in [-0.05, 0) is 12.8 Å². The summed E-state index contributed by atoms with van der Waals surface area (Å²) in [6, 6.07) is -0.00808. The minimum absolute atomic E-state index is 0.0517. The molecule has 0 bridgehead atoms. The zero-order valence-electron chi connectivity index (χ0n) is 12.9. The third kappa shape index (κ3) is 4.27. The van der Waals surface area contributed by atoms with Crippen LogP contribution in [0.1, 0.15) is 45.4 Å². The van der Waals surface area contributed by atoms with Crippen molar-refractivity contribution in [2.24, 2.45) is 5.84 Å². The van der Waals surface area contributed by atoms with Crippen molar-refractivity contribution < 1.29 is 19.4 Å². The Morgan fingerprint density at radius 3 is 3.09 bits per heavy atom. The molecule has 0 aromatic carbocycles. The lowest BCUT2D eigenvalue weighted by Gasteiger charge is -2.22. The molecule has 0 spiro atoms. The fourth-order valence-electron chi connectivity index (χ4n) is 2.94. The number of hydrogen-bond donors (Lipinski definition) is 3. The van der Waals surface area contributed by atoms with E-state index in [1.807, 2.05) is 18.7 Å². The molecular weight excluding hydrogens is 306 g/mol. The molecule has 22 heavy (non-hydrogen) atoms. The van der Waals surface area contributed by atoms with Crippen LogP contribution in [0.2, 0.25) is 0 Å². The first kappa shape index (κ1) is 17.4. The Labute approximate surface area is 134 Å². The van der Waals surface area contributed by atoms with Crippen molar-refractivity contribution >= 4 is 23.8 Å². The van der Waals surface area contributed by atoms with Crippen LogP contribution in [0, 0.1) is 0 Å². The number of urea groups is 1. The second kappa shape index (κ2) is 8.03. The Morgan fingerprint density at radius 1 is 1.59 bits per heavy atom. The number of hydrogen-bond acceptors (Lipinski definition) is 6. The average Bonchev–Trinajstić information content (AvgIpc) is 2.97. The summed E-state index contributed by atoms with van der Waals surface area (Å²) in [6.45, 7) is 1.92. The fourth-order valence-corrected chi connectivity index (χ4v) is 4.52. The van der Waals surface area contributed by atoms with E-state index >= 15 is 0 Å². The number of esters is 1. The molecule has 4 atom stereocenters. The number of nitrogens with zero attached hydrogens (tertiary/aromatic N) is 1. The number of hydrazine groups is 1. The molecular formula is C14H25N3O4S. The van der Waals surface area contributed by atoms with Crippen molar-refractivity contribution in [1.29, 1.82) is 0 Å². The SMILES string of the molecule is CCCC(O)OC(=O)CCCC[C@H]1SC[C@H]2NC(=O)N(N)[C@H]21. The normalized spacial score (nSPS) is 28.4. The monoisotopic (exact) mass is 331 g/mol. The van der Waals surface area contributed by atoms with E-state index in [-0.39, 0.29) is 24.1 Å². The first-order valence-corrected chi connectivity index (χ1v) is 8.91. The Balaban J connectivity index is 1.63. The molecule has 0 saturated carbocycles. The summed E-state index contributed by atoms with van der Waals surface area (Å²) in [7, 11) is 0. The maximum Gasteiger partial charge on any atom is 0.332 e. The summed E-state index contributed by atoms with van der Waals surface area (Å²) in [4.78, 5) is 23.0. The summed E-state index contributed by atoms with van der Waals surface area (Å²) in [5.41, 5.74) is 0. The number of amides is 2. The number of aliphatic hydroxyl groups excluding tert-OH is 1. The van der Waals surface area contributed by atoms with Crippen molar-refractivity contribution in [3.8, 4) is 0 Å². The Hall–Kier alpha value is -0.990. The Bertz CT molecular complexity index is 410. The molecule has 2 heterocycles. The van der Waals surface area contributed by atoms with Gasteiger partial charge in [-0.2, -0.15) is 11.8 Å². The van der Waals surface area contributed by atoms with Gasteiger partial charge in [0, 0.05) is 23.8 Å². The second-order valence-corrected chi connectivity index (χ2v) is 7.08. The topological polar surface area (TPSA) is 105 Å². The number of rotatable bonds is 8. The smallest absolute Gasteiger partial charge is 0.332 e. The molecule has 0 radical (unpaired) electrons. The summed E-state index contributed by atoms with van der Waals surface area (Å²) >= 11 is 1.82. The van der Waals surface area contributed by atoms with Gasteiger partial charge in [0.25, 0.3) is 0 Å². The van der Waals surface area contributed by atoms with Crippen molar-refractivity contribution in [3.05, 3.63) is 0 Å². The van der Waals surface area contributed by atoms with Gasteiger partial charge in [0.1, 0.15) is 0 Å². The highest BCUT2D eigenvalue weighted by Crippen LogP contribution is 2.36. The quantitative estimate of drug-likeness (QED) is 0.153. The highest BCUT2D eigenvalue weighted by Gasteiger charge is 2.47. The van der Waals surface area contributed by atoms with Crippen molar-refractivity contribution in [3.63, 3.8) is 0 Å². The number of ether oxygens (including phenoxy) is 1. The summed E-state index contributed by atoms with van der Waals surface area (Å²) in [5.74, 6) is 6.33. The number of aliphatic hydroxyl groups is 1. The van der Waals surface area contributed by atoms with Gasteiger partial charge < -0.3 is 15.2 Å². The molecule has 7 nitrogen and oxygen atoms in total. The lowest BCUT2D eigenvalue weighted by Crippen LogP contribution is -2.45. The van der Waals surface area contributed by atoms with Crippen LogP contribution >= 0.6 is 11.8 Å². The number of fused-ring (bicyclic) bond motifs is 1. The second-order valence-electron chi connectivity index (χ2n) is 5.80. The molecule has 2 aliphatic rings. The van der Waals surface area contributed by atoms with Gasteiger partial charge >= 0.3 is 12.0 Å². The zero-order valence-corrected chi connectivity index (χ0v) is 13.7. The molecule has 1 unspecified atom stereocenters. The van der Waals surface area contributed by atoms with E-state index in [1.165, 1.54) is 5.01 Å². The number of carbonyl (C=O) groups excluding carboxylic acids is 2. The van der Waals surface area contributed by atoms with Gasteiger partial charge in [-0.25, -0.2) is 10.6 Å². The summed E-state index contributed by atoms with van der Waals surface area (Å²) in [6.07, 6.45) is 3.10. The van der Waals surface area contributed by atoms with E-state index < -0.39 is 6.29 Å². The molecule has 126 valence electrons. The van der Waals surface area contributed by atoms with Crippen LogP contribution in [0.3, 0.4) is 0 Å². The molecule has 0 aliphatic carbocycles. The lowest BCUT2D eigenvalue weighted by atomic mass is 10.0. The maximum absolute atomic E-state index is 11.5. The van der Waals surface area contributed by atoms with Crippen LogP contribution in [-0.4, -0.2) is 51.5 Å². The minimum atomic E-state index is -0.981. The van der Waals surface area contributed by atoms with Gasteiger partial charge in [0.2, 0.25) is 6.29 Å². The predicted octanol–water partition coefficient (Wildman–Crippen LogP) is 0.960. The maximum atomic E-state index is 11.5. The molecule has 2 saturated heterocycles. The van der Waals surface area contributed by atoms with Gasteiger partial charge in [-0.3, -0.25) is 9.80 Å². The van der Waals surface area contributed by atoms with E-state index in [4.69, 9.17) is 10.6 Å².